The second kappa shape index (κ2) is 5.74. The van der Waals surface area contributed by atoms with Gasteiger partial charge in [0.2, 0.25) is 0 Å². The molecule has 2 N–H and O–H groups in total. The highest BCUT2D eigenvalue weighted by molar-refractivity contribution is 5.79. The fraction of sp³-hybridized carbons (Fsp3) is 0.188. The number of aliphatic carboxylic acids is 1. The molecule has 3 nitrogen and oxygen atoms in total. The Balaban J connectivity index is 2.34. The first-order chi connectivity index (χ1) is 9.47. The highest BCUT2D eigenvalue weighted by Gasteiger charge is 2.22. The quantitative estimate of drug-likeness (QED) is 0.893. The monoisotopic (exact) mass is 273 g/mol. The van der Waals surface area contributed by atoms with Gasteiger partial charge in [0.05, 0.1) is 0 Å². The van der Waals surface area contributed by atoms with Gasteiger partial charge in [0.25, 0.3) is 0 Å². The lowest BCUT2D eigenvalue weighted by Crippen LogP contribution is -2.21. The third kappa shape index (κ3) is 3.15. The van der Waals surface area contributed by atoms with Crippen molar-refractivity contribution in [1.82, 2.24) is 0 Å². The van der Waals surface area contributed by atoms with Crippen LogP contribution in [0.5, 0.6) is 0 Å². The van der Waals surface area contributed by atoms with Crippen LogP contribution in [-0.2, 0) is 4.79 Å². The Bertz CT molecular complexity index is 623. The SMILES string of the molecule is Cc1ccc(NC(C(=O)O)c2cc(F)ccc2C)cc1. The minimum Gasteiger partial charge on any atom is -0.479 e. The van der Waals surface area contributed by atoms with Crippen LogP contribution in [0.4, 0.5) is 10.1 Å². The maximum Gasteiger partial charge on any atom is 0.330 e. The minimum absolute atomic E-state index is 0.429. The summed E-state index contributed by atoms with van der Waals surface area (Å²) >= 11 is 0. The third-order valence-corrected chi connectivity index (χ3v) is 3.16. The largest absolute Gasteiger partial charge is 0.479 e. The van der Waals surface area contributed by atoms with Gasteiger partial charge in [0.1, 0.15) is 5.82 Å². The summed E-state index contributed by atoms with van der Waals surface area (Å²) in [4.78, 5) is 11.4. The van der Waals surface area contributed by atoms with Gasteiger partial charge in [-0.15, -0.1) is 0 Å². The van der Waals surface area contributed by atoms with Crippen LogP contribution in [0.2, 0.25) is 0 Å². The molecule has 2 aromatic rings. The number of halogens is 1. The van der Waals surface area contributed by atoms with E-state index in [1.165, 1.54) is 12.1 Å². The number of anilines is 1. The molecule has 0 heterocycles. The van der Waals surface area contributed by atoms with Gasteiger partial charge in [-0.3, -0.25) is 0 Å². The Morgan fingerprint density at radius 3 is 2.40 bits per heavy atom. The van der Waals surface area contributed by atoms with Crippen LogP contribution in [0.15, 0.2) is 42.5 Å². The summed E-state index contributed by atoms with van der Waals surface area (Å²) in [6.07, 6.45) is 0. The average molecular weight is 273 g/mol. The van der Waals surface area contributed by atoms with E-state index in [1.54, 1.807) is 25.1 Å². The van der Waals surface area contributed by atoms with Crippen molar-refractivity contribution in [3.05, 3.63) is 65.0 Å². The molecule has 104 valence electrons. The average Bonchev–Trinajstić information content (AvgIpc) is 2.41. The zero-order valence-corrected chi connectivity index (χ0v) is 11.4. The first kappa shape index (κ1) is 14.1. The molecule has 0 fully saturated rings. The van der Waals surface area contributed by atoms with Crippen molar-refractivity contribution in [3.8, 4) is 0 Å². The summed E-state index contributed by atoms with van der Waals surface area (Å²) in [5, 5.41) is 12.3. The lowest BCUT2D eigenvalue weighted by atomic mass is 10.0. The predicted octanol–water partition coefficient (Wildman–Crippen LogP) is 3.68. The predicted molar refractivity (Wildman–Crippen MR) is 76.3 cm³/mol. The molecule has 1 unspecified atom stereocenters. The standard InChI is InChI=1S/C16H16FNO2/c1-10-3-7-13(8-4-10)18-15(16(19)20)14-9-12(17)6-5-11(14)2/h3-9,15,18H,1-2H3,(H,19,20). The van der Waals surface area contributed by atoms with E-state index in [1.807, 2.05) is 19.1 Å². The summed E-state index contributed by atoms with van der Waals surface area (Å²) in [7, 11) is 0. The molecule has 0 aromatic heterocycles. The molecule has 0 aliphatic carbocycles. The molecule has 2 rings (SSSR count). The van der Waals surface area contributed by atoms with Gasteiger partial charge in [0.15, 0.2) is 6.04 Å². The number of nitrogens with one attached hydrogen (secondary N) is 1. The summed E-state index contributed by atoms with van der Waals surface area (Å²) in [6, 6.07) is 10.6. The highest BCUT2D eigenvalue weighted by atomic mass is 19.1. The minimum atomic E-state index is -1.04. The van der Waals surface area contributed by atoms with Gasteiger partial charge in [-0.25, -0.2) is 9.18 Å². The number of carboxylic acid groups (broad SMARTS) is 1. The zero-order valence-electron chi connectivity index (χ0n) is 11.4. The van der Waals surface area contributed by atoms with E-state index in [0.29, 0.717) is 11.3 Å². The van der Waals surface area contributed by atoms with Crippen LogP contribution in [-0.4, -0.2) is 11.1 Å². The van der Waals surface area contributed by atoms with Crippen LogP contribution in [0.25, 0.3) is 0 Å². The van der Waals surface area contributed by atoms with Crippen molar-refractivity contribution in [3.63, 3.8) is 0 Å². The van der Waals surface area contributed by atoms with E-state index in [4.69, 9.17) is 0 Å². The molecule has 2 aromatic carbocycles. The second-order valence-corrected chi connectivity index (χ2v) is 4.78. The van der Waals surface area contributed by atoms with Crippen molar-refractivity contribution >= 4 is 11.7 Å². The van der Waals surface area contributed by atoms with Crippen LogP contribution in [0, 0.1) is 19.7 Å². The Kier molecular flexibility index (Phi) is 4.03. The van der Waals surface area contributed by atoms with E-state index in [2.05, 4.69) is 5.32 Å². The number of aryl methyl sites for hydroxylation is 2. The van der Waals surface area contributed by atoms with E-state index in [0.717, 1.165) is 11.1 Å². The van der Waals surface area contributed by atoms with Crippen LogP contribution in [0.1, 0.15) is 22.7 Å². The molecule has 4 heteroatoms. The Morgan fingerprint density at radius 2 is 1.80 bits per heavy atom. The summed E-state index contributed by atoms with van der Waals surface area (Å²) in [5.41, 5.74) is 2.94. The summed E-state index contributed by atoms with van der Waals surface area (Å²) in [6.45, 7) is 3.72. The van der Waals surface area contributed by atoms with Crippen molar-refractivity contribution < 1.29 is 14.3 Å². The number of carbonyl (C=O) groups is 1. The van der Waals surface area contributed by atoms with Crippen molar-refractivity contribution in [1.29, 1.82) is 0 Å². The number of carboxylic acids is 1. The van der Waals surface area contributed by atoms with E-state index >= 15 is 0 Å². The molecule has 0 spiro atoms. The van der Waals surface area contributed by atoms with Crippen LogP contribution in [0.3, 0.4) is 0 Å². The molecule has 0 amide bonds. The molecular weight excluding hydrogens is 257 g/mol. The number of hydrogen-bond acceptors (Lipinski definition) is 2. The van der Waals surface area contributed by atoms with Gasteiger partial charge >= 0.3 is 5.97 Å². The van der Waals surface area contributed by atoms with Crippen molar-refractivity contribution in [2.45, 2.75) is 19.9 Å². The maximum atomic E-state index is 13.3. The normalized spacial score (nSPS) is 11.9. The molecule has 20 heavy (non-hydrogen) atoms. The van der Waals surface area contributed by atoms with Crippen molar-refractivity contribution in [2.24, 2.45) is 0 Å². The lowest BCUT2D eigenvalue weighted by molar-refractivity contribution is -0.138. The molecule has 1 atom stereocenters. The van der Waals surface area contributed by atoms with E-state index in [-0.39, 0.29) is 0 Å². The topological polar surface area (TPSA) is 49.3 Å². The summed E-state index contributed by atoms with van der Waals surface area (Å²) in [5.74, 6) is -1.48. The number of benzene rings is 2. The molecule has 0 saturated heterocycles. The molecule has 0 saturated carbocycles. The highest BCUT2D eigenvalue weighted by Crippen LogP contribution is 2.24. The fourth-order valence-corrected chi connectivity index (χ4v) is 2.01. The Morgan fingerprint density at radius 1 is 1.15 bits per heavy atom. The number of hydrogen-bond donors (Lipinski definition) is 2. The van der Waals surface area contributed by atoms with Crippen LogP contribution >= 0.6 is 0 Å². The first-order valence-corrected chi connectivity index (χ1v) is 6.29. The van der Waals surface area contributed by atoms with Crippen LogP contribution < -0.4 is 5.32 Å². The van der Waals surface area contributed by atoms with Gasteiger partial charge in [-0.1, -0.05) is 23.8 Å². The van der Waals surface area contributed by atoms with Gasteiger partial charge < -0.3 is 10.4 Å². The van der Waals surface area contributed by atoms with Gasteiger partial charge in [-0.05, 0) is 49.2 Å². The molecule has 0 bridgehead atoms. The molecule has 0 aliphatic heterocycles. The Labute approximate surface area is 117 Å². The van der Waals surface area contributed by atoms with Crippen molar-refractivity contribution in [2.75, 3.05) is 5.32 Å². The smallest absolute Gasteiger partial charge is 0.330 e. The lowest BCUT2D eigenvalue weighted by Gasteiger charge is -2.18. The Hall–Kier alpha value is -2.36. The zero-order chi connectivity index (χ0) is 14.7. The summed E-state index contributed by atoms with van der Waals surface area (Å²) < 4.78 is 13.3. The number of rotatable bonds is 4. The fourth-order valence-electron chi connectivity index (χ4n) is 2.01. The molecular formula is C16H16FNO2. The molecule has 0 aliphatic rings. The van der Waals surface area contributed by atoms with Gasteiger partial charge in [0, 0.05) is 5.69 Å². The third-order valence-electron chi connectivity index (χ3n) is 3.16. The van der Waals surface area contributed by atoms with E-state index in [9.17, 15) is 14.3 Å². The van der Waals surface area contributed by atoms with Gasteiger partial charge in [-0.2, -0.15) is 0 Å². The second-order valence-electron chi connectivity index (χ2n) is 4.78. The van der Waals surface area contributed by atoms with E-state index < -0.39 is 17.8 Å². The molecule has 0 radical (unpaired) electrons. The maximum absolute atomic E-state index is 13.3. The first-order valence-electron chi connectivity index (χ1n) is 6.29.